The molecular weight excluding hydrogens is 571 g/mol. The molecular formula is C25H24F6N2S4. The molecule has 200 valence electrons. The third-order valence-corrected chi connectivity index (χ3v) is 7.83. The monoisotopic (exact) mass is 594 g/mol. The topological polar surface area (TPSA) is 24.1 Å². The van der Waals surface area contributed by atoms with Gasteiger partial charge in [-0.2, -0.15) is 0 Å². The first kappa shape index (κ1) is 31.2. The third-order valence-electron chi connectivity index (χ3n) is 4.74. The van der Waals surface area contributed by atoms with Crippen molar-refractivity contribution in [3.8, 4) is 0 Å². The Hall–Kier alpha value is -2.02. The Balaban J connectivity index is 2.04. The Morgan fingerprint density at radius 3 is 1.08 bits per heavy atom. The van der Waals surface area contributed by atoms with Crippen LogP contribution >= 0.6 is 47.0 Å². The highest BCUT2D eigenvalue weighted by atomic mass is 32.2. The van der Waals surface area contributed by atoms with Crippen LogP contribution in [0.25, 0.3) is 0 Å². The number of rotatable bonds is 16. The van der Waals surface area contributed by atoms with Gasteiger partial charge in [0.15, 0.2) is 34.9 Å². The first-order valence-corrected chi connectivity index (χ1v) is 14.3. The molecule has 0 amide bonds. The molecule has 0 saturated heterocycles. The van der Waals surface area contributed by atoms with E-state index in [4.69, 9.17) is 0 Å². The van der Waals surface area contributed by atoms with Crippen molar-refractivity contribution < 1.29 is 26.3 Å². The fourth-order valence-electron chi connectivity index (χ4n) is 3.17. The van der Waals surface area contributed by atoms with Crippen LogP contribution in [0.15, 0.2) is 67.5 Å². The second kappa shape index (κ2) is 15.4. The maximum atomic E-state index is 14.9. The maximum absolute atomic E-state index is 14.9. The predicted octanol–water partition coefficient (Wildman–Crippen LogP) is 10.2. The summed E-state index contributed by atoms with van der Waals surface area (Å²) < 4.78 is 87.3. The van der Waals surface area contributed by atoms with Gasteiger partial charge in [0.1, 0.15) is 0 Å². The molecule has 0 atom stereocenters. The van der Waals surface area contributed by atoms with E-state index in [0.717, 1.165) is 23.5 Å². The van der Waals surface area contributed by atoms with Crippen LogP contribution in [0.3, 0.4) is 0 Å². The molecule has 0 radical (unpaired) electrons. The van der Waals surface area contributed by atoms with Crippen LogP contribution in [0.5, 0.6) is 0 Å². The SMILES string of the molecule is C=CSc1c(F)c(F)c(SC=C)c(NCCCCCNc2c(F)c(SC=C)c(F)c(F)c2SC=C)c1F. The molecule has 0 aliphatic rings. The standard InChI is InChI=1S/C25H24F6N2S4/c1-5-34-22-14(26)16(28)24(36-7-3)20(18(22)30)32-12-10-9-11-13-33-21-19(31)23(35-6-2)15(27)17(29)25(21)37-8-4/h5-8,32-33H,1-4,9-13H2. The predicted molar refractivity (Wildman–Crippen MR) is 148 cm³/mol. The minimum absolute atomic E-state index is 0.173. The van der Waals surface area contributed by atoms with Crippen LogP contribution in [0.2, 0.25) is 0 Å². The molecule has 2 aromatic rings. The lowest BCUT2D eigenvalue weighted by Gasteiger charge is -2.17. The number of halogens is 6. The van der Waals surface area contributed by atoms with Gasteiger partial charge in [-0.25, -0.2) is 26.3 Å². The van der Waals surface area contributed by atoms with Crippen molar-refractivity contribution in [1.29, 1.82) is 0 Å². The summed E-state index contributed by atoms with van der Waals surface area (Å²) in [5.74, 6) is -6.81. The summed E-state index contributed by atoms with van der Waals surface area (Å²) in [7, 11) is 0. The first-order valence-electron chi connectivity index (χ1n) is 10.7. The van der Waals surface area contributed by atoms with E-state index in [9.17, 15) is 26.3 Å². The van der Waals surface area contributed by atoms with Crippen molar-refractivity contribution in [2.75, 3.05) is 23.7 Å². The Morgan fingerprint density at radius 2 is 0.757 bits per heavy atom. The first-order chi connectivity index (χ1) is 17.7. The van der Waals surface area contributed by atoms with Crippen molar-refractivity contribution >= 4 is 58.4 Å². The van der Waals surface area contributed by atoms with Crippen LogP contribution in [0.1, 0.15) is 19.3 Å². The zero-order chi connectivity index (χ0) is 27.5. The minimum atomic E-state index is -1.29. The molecule has 0 heterocycles. The van der Waals surface area contributed by atoms with E-state index < -0.39 is 44.7 Å². The largest absolute Gasteiger partial charge is 0.382 e. The van der Waals surface area contributed by atoms with Crippen LogP contribution in [0, 0.1) is 34.9 Å². The highest BCUT2D eigenvalue weighted by Crippen LogP contribution is 2.42. The van der Waals surface area contributed by atoms with Crippen LogP contribution in [-0.2, 0) is 0 Å². The summed E-state index contributed by atoms with van der Waals surface area (Å²) in [5.41, 5.74) is -0.345. The molecule has 0 aliphatic heterocycles. The van der Waals surface area contributed by atoms with Crippen molar-refractivity contribution in [3.05, 3.63) is 82.9 Å². The van der Waals surface area contributed by atoms with Gasteiger partial charge in [-0.1, -0.05) is 73.4 Å². The molecule has 0 aromatic heterocycles. The van der Waals surface area contributed by atoms with Crippen molar-refractivity contribution in [1.82, 2.24) is 0 Å². The lowest BCUT2D eigenvalue weighted by Crippen LogP contribution is -2.10. The highest BCUT2D eigenvalue weighted by Gasteiger charge is 2.26. The molecule has 0 saturated carbocycles. The third kappa shape index (κ3) is 7.52. The molecule has 2 N–H and O–H groups in total. The lowest BCUT2D eigenvalue weighted by atomic mass is 10.2. The second-order valence-corrected chi connectivity index (χ2v) is 10.9. The summed E-state index contributed by atoms with van der Waals surface area (Å²) in [4.78, 5) is -1.48. The Kier molecular flexibility index (Phi) is 13.0. The van der Waals surface area contributed by atoms with Crippen LogP contribution < -0.4 is 10.6 Å². The van der Waals surface area contributed by atoms with E-state index in [1.165, 1.54) is 21.6 Å². The van der Waals surface area contributed by atoms with Crippen molar-refractivity contribution in [2.45, 2.75) is 38.8 Å². The highest BCUT2D eigenvalue weighted by molar-refractivity contribution is 8.03. The molecule has 0 fully saturated rings. The van der Waals surface area contributed by atoms with Crippen molar-refractivity contribution in [3.63, 3.8) is 0 Å². The van der Waals surface area contributed by atoms with Gasteiger partial charge in [0, 0.05) is 13.1 Å². The molecule has 2 nitrogen and oxygen atoms in total. The van der Waals surface area contributed by atoms with Gasteiger partial charge in [0.2, 0.25) is 0 Å². The number of unbranched alkanes of at least 4 members (excludes halogenated alkanes) is 2. The Morgan fingerprint density at radius 1 is 0.459 bits per heavy atom. The van der Waals surface area contributed by atoms with E-state index in [1.807, 2.05) is 0 Å². The number of nitrogens with one attached hydrogen (secondary N) is 2. The molecule has 2 aromatic carbocycles. The van der Waals surface area contributed by atoms with E-state index >= 15 is 0 Å². The molecule has 12 heteroatoms. The van der Waals surface area contributed by atoms with Gasteiger partial charge in [0.25, 0.3) is 0 Å². The van der Waals surface area contributed by atoms with E-state index in [0.29, 0.717) is 42.8 Å². The average Bonchev–Trinajstić information content (AvgIpc) is 2.88. The minimum Gasteiger partial charge on any atom is -0.382 e. The van der Waals surface area contributed by atoms with Crippen LogP contribution in [0.4, 0.5) is 37.7 Å². The summed E-state index contributed by atoms with van der Waals surface area (Å²) >= 11 is 2.79. The van der Waals surface area contributed by atoms with Gasteiger partial charge in [-0.15, -0.1) is 0 Å². The van der Waals surface area contributed by atoms with E-state index in [-0.39, 0.29) is 34.3 Å². The fourth-order valence-corrected chi connectivity index (χ4v) is 5.58. The molecule has 0 bridgehead atoms. The summed E-state index contributed by atoms with van der Waals surface area (Å²) in [5, 5.41) is 10.6. The summed E-state index contributed by atoms with van der Waals surface area (Å²) in [6.45, 7) is 14.2. The molecule has 0 unspecified atom stereocenters. The van der Waals surface area contributed by atoms with Gasteiger partial charge >= 0.3 is 0 Å². The Labute approximate surface area is 229 Å². The quantitative estimate of drug-likeness (QED) is 0.0868. The summed E-state index contributed by atoms with van der Waals surface area (Å²) in [6, 6.07) is 0. The van der Waals surface area contributed by atoms with Gasteiger partial charge in [-0.3, -0.25) is 0 Å². The zero-order valence-electron chi connectivity index (χ0n) is 19.6. The Bertz CT molecular complexity index is 1080. The number of benzene rings is 2. The molecule has 0 aliphatic carbocycles. The molecule has 37 heavy (non-hydrogen) atoms. The van der Waals surface area contributed by atoms with Gasteiger partial charge < -0.3 is 10.6 Å². The van der Waals surface area contributed by atoms with Crippen LogP contribution in [-0.4, -0.2) is 13.1 Å². The molecule has 0 spiro atoms. The maximum Gasteiger partial charge on any atom is 0.177 e. The van der Waals surface area contributed by atoms with Gasteiger partial charge in [-0.05, 0) is 40.9 Å². The number of thioether (sulfide) groups is 4. The van der Waals surface area contributed by atoms with E-state index in [1.54, 1.807) is 0 Å². The lowest BCUT2D eigenvalue weighted by molar-refractivity contribution is 0.453. The fraction of sp³-hybridized carbons (Fsp3) is 0.200. The number of hydrogen-bond acceptors (Lipinski definition) is 6. The normalized spacial score (nSPS) is 10.8. The zero-order valence-corrected chi connectivity index (χ0v) is 22.8. The molecule has 2 rings (SSSR count). The second-order valence-electron chi connectivity index (χ2n) is 7.00. The number of anilines is 2. The smallest absolute Gasteiger partial charge is 0.177 e. The van der Waals surface area contributed by atoms with Crippen molar-refractivity contribution in [2.24, 2.45) is 0 Å². The van der Waals surface area contributed by atoms with Gasteiger partial charge in [0.05, 0.1) is 31.0 Å². The summed E-state index contributed by atoms with van der Waals surface area (Å²) in [6.07, 6.45) is 1.59. The average molecular weight is 595 g/mol. The number of hydrogen-bond donors (Lipinski definition) is 2. The van der Waals surface area contributed by atoms with E-state index in [2.05, 4.69) is 36.9 Å².